The molecule has 106 valence electrons. The van der Waals surface area contributed by atoms with Crippen LogP contribution in [0.1, 0.15) is 12.7 Å². The summed E-state index contributed by atoms with van der Waals surface area (Å²) in [7, 11) is 0. The monoisotopic (exact) mass is 276 g/mol. The minimum Gasteiger partial charge on any atom is -0.334 e. The molecule has 5 nitrogen and oxygen atoms in total. The third-order valence-corrected chi connectivity index (χ3v) is 3.54. The first-order valence-corrected chi connectivity index (χ1v) is 6.75. The van der Waals surface area contributed by atoms with Crippen LogP contribution in [0.25, 0.3) is 11.5 Å². The minimum atomic E-state index is -0.275. The molecule has 1 aliphatic rings. The van der Waals surface area contributed by atoms with E-state index in [2.05, 4.69) is 27.3 Å². The number of aromatic nitrogens is 2. The van der Waals surface area contributed by atoms with Gasteiger partial charge in [0, 0.05) is 31.2 Å². The van der Waals surface area contributed by atoms with Gasteiger partial charge in [-0.2, -0.15) is 4.98 Å². The van der Waals surface area contributed by atoms with Crippen molar-refractivity contribution in [2.75, 3.05) is 19.6 Å². The Balaban J connectivity index is 1.71. The zero-order valence-corrected chi connectivity index (χ0v) is 11.3. The number of piperazine rings is 1. The average molecular weight is 276 g/mol. The molecule has 0 unspecified atom stereocenters. The molecule has 1 aromatic heterocycles. The Morgan fingerprint density at radius 2 is 2.20 bits per heavy atom. The largest absolute Gasteiger partial charge is 0.334 e. The first-order valence-electron chi connectivity index (χ1n) is 6.75. The van der Waals surface area contributed by atoms with E-state index in [1.807, 2.05) is 0 Å². The van der Waals surface area contributed by atoms with Gasteiger partial charge in [0.1, 0.15) is 5.82 Å². The number of rotatable bonds is 3. The lowest BCUT2D eigenvalue weighted by atomic mass is 10.2. The van der Waals surface area contributed by atoms with E-state index in [1.165, 1.54) is 12.1 Å². The van der Waals surface area contributed by atoms with Crippen molar-refractivity contribution in [1.82, 2.24) is 20.4 Å². The van der Waals surface area contributed by atoms with Crippen LogP contribution < -0.4 is 5.32 Å². The maximum absolute atomic E-state index is 12.9. The molecular formula is C14H17FN4O. The maximum atomic E-state index is 12.9. The van der Waals surface area contributed by atoms with Gasteiger partial charge in [0.15, 0.2) is 5.82 Å². The van der Waals surface area contributed by atoms with Crippen molar-refractivity contribution in [2.45, 2.75) is 19.5 Å². The van der Waals surface area contributed by atoms with Crippen LogP contribution in [0.15, 0.2) is 28.8 Å². The molecule has 3 rings (SSSR count). The van der Waals surface area contributed by atoms with Crippen molar-refractivity contribution in [3.63, 3.8) is 0 Å². The van der Waals surface area contributed by atoms with E-state index in [0.29, 0.717) is 24.3 Å². The van der Waals surface area contributed by atoms with E-state index in [1.54, 1.807) is 12.1 Å². The summed E-state index contributed by atoms with van der Waals surface area (Å²) in [6.07, 6.45) is 0. The SMILES string of the molecule is C[C@@H]1CNCCN1Cc1noc(-c2ccc(F)cc2)n1. The lowest BCUT2D eigenvalue weighted by molar-refractivity contribution is 0.160. The topological polar surface area (TPSA) is 54.2 Å². The first-order chi connectivity index (χ1) is 9.72. The van der Waals surface area contributed by atoms with Gasteiger partial charge in [0.25, 0.3) is 5.89 Å². The lowest BCUT2D eigenvalue weighted by Gasteiger charge is -2.32. The number of halogens is 1. The van der Waals surface area contributed by atoms with Crippen LogP contribution in [0.5, 0.6) is 0 Å². The predicted octanol–water partition coefficient (Wildman–Crippen LogP) is 1.67. The maximum Gasteiger partial charge on any atom is 0.257 e. The Labute approximate surface area is 116 Å². The molecular weight excluding hydrogens is 259 g/mol. The Kier molecular flexibility index (Phi) is 3.75. The van der Waals surface area contributed by atoms with Gasteiger partial charge in [-0.15, -0.1) is 0 Å². The molecule has 1 fully saturated rings. The Morgan fingerprint density at radius 1 is 1.40 bits per heavy atom. The number of benzene rings is 1. The van der Waals surface area contributed by atoms with Crippen molar-refractivity contribution < 1.29 is 8.91 Å². The van der Waals surface area contributed by atoms with Crippen LogP contribution in [0.3, 0.4) is 0 Å². The van der Waals surface area contributed by atoms with Crippen LogP contribution in [-0.4, -0.2) is 40.7 Å². The Hall–Kier alpha value is -1.79. The lowest BCUT2D eigenvalue weighted by Crippen LogP contribution is -2.49. The predicted molar refractivity (Wildman–Crippen MR) is 72.4 cm³/mol. The zero-order valence-electron chi connectivity index (χ0n) is 11.3. The molecule has 0 amide bonds. The van der Waals surface area contributed by atoms with E-state index < -0.39 is 0 Å². The standard InChI is InChI=1S/C14H17FN4O/c1-10-8-16-6-7-19(10)9-13-17-14(20-18-13)11-2-4-12(15)5-3-11/h2-5,10,16H,6-9H2,1H3/t10-/m1/s1. The van der Waals surface area contributed by atoms with E-state index in [4.69, 9.17) is 4.52 Å². The third kappa shape index (κ3) is 2.86. The van der Waals surface area contributed by atoms with Gasteiger partial charge in [0.05, 0.1) is 6.54 Å². The molecule has 6 heteroatoms. The van der Waals surface area contributed by atoms with Gasteiger partial charge in [0.2, 0.25) is 0 Å². The molecule has 1 aliphatic heterocycles. The fourth-order valence-corrected chi connectivity index (χ4v) is 2.33. The zero-order chi connectivity index (χ0) is 13.9. The smallest absolute Gasteiger partial charge is 0.257 e. The second-order valence-electron chi connectivity index (χ2n) is 5.05. The Bertz CT molecular complexity index is 569. The molecule has 1 N–H and O–H groups in total. The summed E-state index contributed by atoms with van der Waals surface area (Å²) in [6.45, 7) is 5.78. The summed E-state index contributed by atoms with van der Waals surface area (Å²) in [5.74, 6) is 0.823. The third-order valence-electron chi connectivity index (χ3n) is 3.54. The second-order valence-corrected chi connectivity index (χ2v) is 5.05. The number of nitrogens with one attached hydrogen (secondary N) is 1. The molecule has 1 saturated heterocycles. The highest BCUT2D eigenvalue weighted by Crippen LogP contribution is 2.18. The fourth-order valence-electron chi connectivity index (χ4n) is 2.33. The summed E-state index contributed by atoms with van der Waals surface area (Å²) < 4.78 is 18.1. The van der Waals surface area contributed by atoms with Gasteiger partial charge in [-0.1, -0.05) is 5.16 Å². The second kappa shape index (κ2) is 5.68. The van der Waals surface area contributed by atoms with Gasteiger partial charge in [-0.05, 0) is 31.2 Å². The Morgan fingerprint density at radius 3 is 2.95 bits per heavy atom. The van der Waals surface area contributed by atoms with Crippen molar-refractivity contribution in [1.29, 1.82) is 0 Å². The van der Waals surface area contributed by atoms with Gasteiger partial charge in [-0.25, -0.2) is 4.39 Å². The van der Waals surface area contributed by atoms with Crippen LogP contribution in [0, 0.1) is 5.82 Å². The first kappa shape index (κ1) is 13.2. The van der Waals surface area contributed by atoms with Gasteiger partial charge < -0.3 is 9.84 Å². The summed E-state index contributed by atoms with van der Waals surface area (Å²) in [4.78, 5) is 6.69. The number of hydrogen-bond donors (Lipinski definition) is 1. The molecule has 0 aliphatic carbocycles. The summed E-state index contributed by atoms with van der Waals surface area (Å²) in [6, 6.07) is 6.51. The number of nitrogens with zero attached hydrogens (tertiary/aromatic N) is 3. The van der Waals surface area contributed by atoms with Crippen molar-refractivity contribution in [2.24, 2.45) is 0 Å². The van der Waals surface area contributed by atoms with E-state index >= 15 is 0 Å². The quantitative estimate of drug-likeness (QED) is 0.924. The molecule has 0 spiro atoms. The van der Waals surface area contributed by atoms with Crippen LogP contribution in [0.4, 0.5) is 4.39 Å². The van der Waals surface area contributed by atoms with Crippen molar-refractivity contribution in [3.8, 4) is 11.5 Å². The van der Waals surface area contributed by atoms with Gasteiger partial charge in [-0.3, -0.25) is 4.90 Å². The van der Waals surface area contributed by atoms with Crippen molar-refractivity contribution in [3.05, 3.63) is 35.9 Å². The highest BCUT2D eigenvalue weighted by Gasteiger charge is 2.20. The van der Waals surface area contributed by atoms with E-state index in [9.17, 15) is 4.39 Å². The highest BCUT2D eigenvalue weighted by molar-refractivity contribution is 5.52. The van der Waals surface area contributed by atoms with Crippen molar-refractivity contribution >= 4 is 0 Å². The fraction of sp³-hybridized carbons (Fsp3) is 0.429. The molecule has 20 heavy (non-hydrogen) atoms. The molecule has 0 saturated carbocycles. The summed E-state index contributed by atoms with van der Waals surface area (Å²) >= 11 is 0. The molecule has 0 bridgehead atoms. The average Bonchev–Trinajstić information content (AvgIpc) is 2.91. The number of hydrogen-bond acceptors (Lipinski definition) is 5. The highest BCUT2D eigenvalue weighted by atomic mass is 19.1. The van der Waals surface area contributed by atoms with Crippen LogP contribution >= 0.6 is 0 Å². The molecule has 1 aromatic carbocycles. The normalized spacial score (nSPS) is 20.2. The summed E-state index contributed by atoms with van der Waals surface area (Å²) in [5, 5.41) is 7.35. The van der Waals surface area contributed by atoms with Crippen LogP contribution in [-0.2, 0) is 6.54 Å². The van der Waals surface area contributed by atoms with E-state index in [0.717, 1.165) is 25.2 Å². The minimum absolute atomic E-state index is 0.275. The molecule has 2 heterocycles. The van der Waals surface area contributed by atoms with Crippen LogP contribution in [0.2, 0.25) is 0 Å². The molecule has 1 atom stereocenters. The van der Waals surface area contributed by atoms with E-state index in [-0.39, 0.29) is 5.82 Å². The summed E-state index contributed by atoms with van der Waals surface area (Å²) in [5.41, 5.74) is 0.735. The molecule has 0 radical (unpaired) electrons. The van der Waals surface area contributed by atoms with Gasteiger partial charge >= 0.3 is 0 Å². The molecule has 2 aromatic rings.